The molecular weight excluding hydrogens is 280 g/mol. The van der Waals surface area contributed by atoms with Crippen LogP contribution >= 0.6 is 0 Å². The van der Waals surface area contributed by atoms with Crippen molar-refractivity contribution in [1.82, 2.24) is 4.90 Å². The Morgan fingerprint density at radius 3 is 2.90 bits per heavy atom. The van der Waals surface area contributed by atoms with Crippen molar-refractivity contribution < 1.29 is 23.4 Å². The van der Waals surface area contributed by atoms with Crippen molar-refractivity contribution in [3.63, 3.8) is 0 Å². The van der Waals surface area contributed by atoms with Crippen LogP contribution in [0.25, 0.3) is 0 Å². The highest BCUT2D eigenvalue weighted by atomic mass is 19.2. The summed E-state index contributed by atoms with van der Waals surface area (Å²) in [6.45, 7) is 3.42. The number of nitrogens with zero attached hydrogens (tertiary/aromatic N) is 1. The maximum atomic E-state index is 13.5. The number of Topliss-reactive ketones (excluding diaryl/α,β-unsaturated/α-hetero) is 1. The first kappa shape index (κ1) is 16.0. The van der Waals surface area contributed by atoms with E-state index in [-0.39, 0.29) is 30.8 Å². The molecule has 1 aliphatic rings. The fourth-order valence-corrected chi connectivity index (χ4v) is 2.54. The Bertz CT molecular complexity index is 510. The molecule has 2 rings (SSSR count). The van der Waals surface area contributed by atoms with Crippen LogP contribution in [0.5, 0.6) is 0 Å². The van der Waals surface area contributed by atoms with Crippen LogP contribution in [0, 0.1) is 11.6 Å². The van der Waals surface area contributed by atoms with E-state index >= 15 is 0 Å². The molecule has 1 aromatic rings. The molecule has 0 amide bonds. The minimum Gasteiger partial charge on any atom is -0.394 e. The molecule has 1 N–H and O–H groups in total. The first-order chi connectivity index (χ1) is 10.0. The lowest BCUT2D eigenvalue weighted by atomic mass is 10.1. The molecule has 1 fully saturated rings. The Labute approximate surface area is 122 Å². The minimum atomic E-state index is -1.09. The smallest absolute Gasteiger partial charge is 0.169 e. The van der Waals surface area contributed by atoms with Crippen LogP contribution in [0.15, 0.2) is 18.2 Å². The molecule has 1 saturated heterocycles. The van der Waals surface area contributed by atoms with Gasteiger partial charge < -0.3 is 9.84 Å². The maximum Gasteiger partial charge on any atom is 0.169 e. The van der Waals surface area contributed by atoms with Crippen LogP contribution < -0.4 is 0 Å². The van der Waals surface area contributed by atoms with E-state index in [0.29, 0.717) is 19.6 Å². The summed E-state index contributed by atoms with van der Waals surface area (Å²) < 4.78 is 32.1. The number of carbonyl (C=O) groups is 1. The number of aliphatic hydroxyl groups is 1. The third-order valence-corrected chi connectivity index (χ3v) is 3.51. The van der Waals surface area contributed by atoms with E-state index in [1.54, 1.807) is 0 Å². The lowest BCUT2D eigenvalue weighted by Gasteiger charge is -2.35. The molecule has 0 radical (unpaired) electrons. The second-order valence-corrected chi connectivity index (χ2v) is 5.29. The first-order valence-electron chi connectivity index (χ1n) is 6.97. The van der Waals surface area contributed by atoms with Crippen molar-refractivity contribution in [3.05, 3.63) is 35.4 Å². The van der Waals surface area contributed by atoms with Crippen molar-refractivity contribution >= 4 is 5.78 Å². The van der Waals surface area contributed by atoms with Crippen molar-refractivity contribution in [3.8, 4) is 0 Å². The zero-order valence-corrected chi connectivity index (χ0v) is 11.9. The zero-order valence-electron chi connectivity index (χ0n) is 11.9. The second kappa shape index (κ2) is 7.06. The normalized spacial score (nSPS) is 23.2. The average molecular weight is 299 g/mol. The van der Waals surface area contributed by atoms with Crippen molar-refractivity contribution in [2.45, 2.75) is 25.6 Å². The van der Waals surface area contributed by atoms with Gasteiger partial charge in [0, 0.05) is 26.1 Å². The third kappa shape index (κ3) is 4.06. The summed E-state index contributed by atoms with van der Waals surface area (Å²) in [7, 11) is 0. The van der Waals surface area contributed by atoms with E-state index in [0.717, 1.165) is 6.07 Å². The van der Waals surface area contributed by atoms with Gasteiger partial charge in [-0.05, 0) is 19.1 Å². The van der Waals surface area contributed by atoms with E-state index in [2.05, 4.69) is 0 Å². The van der Waals surface area contributed by atoms with Gasteiger partial charge in [-0.25, -0.2) is 8.78 Å². The quantitative estimate of drug-likeness (QED) is 0.840. The van der Waals surface area contributed by atoms with Gasteiger partial charge in [-0.15, -0.1) is 0 Å². The molecule has 0 spiro atoms. The van der Waals surface area contributed by atoms with Gasteiger partial charge in [-0.3, -0.25) is 9.69 Å². The van der Waals surface area contributed by atoms with Gasteiger partial charge >= 0.3 is 0 Å². The number of aliphatic hydroxyl groups excluding tert-OH is 1. The van der Waals surface area contributed by atoms with Gasteiger partial charge in [0.25, 0.3) is 0 Å². The number of ketones is 1. The molecule has 1 aromatic carbocycles. The molecule has 0 saturated carbocycles. The molecule has 6 heteroatoms. The van der Waals surface area contributed by atoms with Crippen LogP contribution in [0.2, 0.25) is 0 Å². The van der Waals surface area contributed by atoms with Gasteiger partial charge in [0.15, 0.2) is 17.4 Å². The van der Waals surface area contributed by atoms with Crippen LogP contribution in [0.1, 0.15) is 23.7 Å². The van der Waals surface area contributed by atoms with Gasteiger partial charge in [0.05, 0.1) is 24.4 Å². The molecule has 1 heterocycles. The largest absolute Gasteiger partial charge is 0.394 e. The summed E-state index contributed by atoms with van der Waals surface area (Å²) >= 11 is 0. The topological polar surface area (TPSA) is 49.8 Å². The van der Waals surface area contributed by atoms with Gasteiger partial charge in [-0.2, -0.15) is 0 Å². The summed E-state index contributed by atoms with van der Waals surface area (Å²) in [4.78, 5) is 14.0. The highest BCUT2D eigenvalue weighted by molar-refractivity contribution is 5.96. The number of rotatable bonds is 5. The van der Waals surface area contributed by atoms with Crippen molar-refractivity contribution in [2.24, 2.45) is 0 Å². The second-order valence-electron chi connectivity index (χ2n) is 5.29. The monoisotopic (exact) mass is 299 g/mol. The predicted octanol–water partition coefficient (Wildman–Crippen LogP) is 1.62. The summed E-state index contributed by atoms with van der Waals surface area (Å²) in [6, 6.07) is 3.60. The fraction of sp³-hybridized carbons (Fsp3) is 0.533. The molecule has 0 aliphatic carbocycles. The van der Waals surface area contributed by atoms with Crippen LogP contribution in [0.3, 0.4) is 0 Å². The number of ether oxygens (including phenoxy) is 1. The lowest BCUT2D eigenvalue weighted by molar-refractivity contribution is -0.0947. The number of carbonyl (C=O) groups excluding carboxylic acids is 1. The van der Waals surface area contributed by atoms with Crippen LogP contribution in [0.4, 0.5) is 8.78 Å². The highest BCUT2D eigenvalue weighted by Crippen LogP contribution is 2.15. The van der Waals surface area contributed by atoms with E-state index < -0.39 is 17.4 Å². The molecule has 2 atom stereocenters. The maximum absolute atomic E-state index is 13.5. The van der Waals surface area contributed by atoms with E-state index in [1.165, 1.54) is 12.1 Å². The van der Waals surface area contributed by atoms with Gasteiger partial charge in [0.2, 0.25) is 0 Å². The standard InChI is InChI=1S/C15H19F2NO3/c1-10-7-18(8-11(9-19)21-10)6-5-14(20)12-3-2-4-13(16)15(12)17/h2-4,10-11,19H,5-9H2,1H3. The molecule has 0 bridgehead atoms. The lowest BCUT2D eigenvalue weighted by Crippen LogP contribution is -2.48. The molecule has 4 nitrogen and oxygen atoms in total. The molecule has 116 valence electrons. The summed E-state index contributed by atoms with van der Waals surface area (Å²) in [5.74, 6) is -2.53. The Kier molecular flexibility index (Phi) is 5.39. The summed E-state index contributed by atoms with van der Waals surface area (Å²) in [6.07, 6.45) is -0.197. The van der Waals surface area contributed by atoms with Crippen molar-refractivity contribution in [2.75, 3.05) is 26.2 Å². The number of morpholine rings is 1. The number of benzene rings is 1. The van der Waals surface area contributed by atoms with Crippen LogP contribution in [-0.2, 0) is 4.74 Å². The molecule has 2 unspecified atom stereocenters. The average Bonchev–Trinajstić information content (AvgIpc) is 2.47. The predicted molar refractivity (Wildman–Crippen MR) is 73.2 cm³/mol. The van der Waals surface area contributed by atoms with Crippen LogP contribution in [-0.4, -0.2) is 54.2 Å². The number of hydrogen-bond acceptors (Lipinski definition) is 4. The summed E-state index contributed by atoms with van der Waals surface area (Å²) in [5, 5.41) is 9.14. The molecule has 1 aliphatic heterocycles. The molecule has 0 aromatic heterocycles. The molecule has 21 heavy (non-hydrogen) atoms. The fourth-order valence-electron chi connectivity index (χ4n) is 2.54. The van der Waals surface area contributed by atoms with Gasteiger partial charge in [-0.1, -0.05) is 6.07 Å². The first-order valence-corrected chi connectivity index (χ1v) is 6.97. The molecular formula is C15H19F2NO3. The Morgan fingerprint density at radius 1 is 1.43 bits per heavy atom. The minimum absolute atomic E-state index is 0.0306. The Morgan fingerprint density at radius 2 is 2.19 bits per heavy atom. The highest BCUT2D eigenvalue weighted by Gasteiger charge is 2.25. The van der Waals surface area contributed by atoms with Gasteiger partial charge in [0.1, 0.15) is 0 Å². The van der Waals surface area contributed by atoms with E-state index in [4.69, 9.17) is 9.84 Å². The Balaban J connectivity index is 1.93. The number of hydrogen-bond donors (Lipinski definition) is 1. The van der Waals surface area contributed by atoms with E-state index in [9.17, 15) is 13.6 Å². The zero-order chi connectivity index (χ0) is 15.4. The number of halogens is 2. The Hall–Kier alpha value is -1.37. The third-order valence-electron chi connectivity index (χ3n) is 3.51. The summed E-state index contributed by atoms with van der Waals surface area (Å²) in [5.41, 5.74) is -0.213. The van der Waals surface area contributed by atoms with Crippen molar-refractivity contribution in [1.29, 1.82) is 0 Å². The SMILES string of the molecule is CC1CN(CCC(=O)c2cccc(F)c2F)CC(CO)O1. The van der Waals surface area contributed by atoms with E-state index in [1.807, 2.05) is 11.8 Å².